The number of H-pyrrole nitrogens is 1. The molecule has 0 bridgehead atoms. The van der Waals surface area contributed by atoms with Gasteiger partial charge in [-0.2, -0.15) is 0 Å². The van der Waals surface area contributed by atoms with Gasteiger partial charge in [0.2, 0.25) is 11.1 Å². The highest BCUT2D eigenvalue weighted by Crippen LogP contribution is 2.37. The second kappa shape index (κ2) is 11.4. The van der Waals surface area contributed by atoms with E-state index in [9.17, 15) is 4.79 Å². The number of benzene rings is 3. The van der Waals surface area contributed by atoms with Gasteiger partial charge in [-0.15, -0.1) is 5.10 Å². The summed E-state index contributed by atoms with van der Waals surface area (Å²) in [5.74, 6) is 2.16. The molecule has 0 aliphatic carbocycles. The molecule has 4 rings (SSSR count). The minimum Gasteiger partial charge on any atom is -0.497 e. The highest BCUT2D eigenvalue weighted by Gasteiger charge is 2.20. The number of carbonyl (C=O) groups is 1. The van der Waals surface area contributed by atoms with Crippen LogP contribution in [0, 0.1) is 0 Å². The van der Waals surface area contributed by atoms with Crippen molar-refractivity contribution in [1.29, 1.82) is 0 Å². The predicted octanol–water partition coefficient (Wildman–Crippen LogP) is 5.03. The average molecular weight is 475 g/mol. The van der Waals surface area contributed by atoms with Crippen molar-refractivity contribution in [2.45, 2.75) is 23.4 Å². The normalized spacial score (nSPS) is 11.6. The van der Waals surface area contributed by atoms with Gasteiger partial charge in [0, 0.05) is 23.8 Å². The molecule has 34 heavy (non-hydrogen) atoms. The Labute approximate surface area is 202 Å². The van der Waals surface area contributed by atoms with E-state index in [4.69, 9.17) is 9.47 Å². The Hall–Kier alpha value is -3.78. The minimum atomic E-state index is -0.166. The van der Waals surface area contributed by atoms with Gasteiger partial charge in [0.1, 0.15) is 11.5 Å². The van der Waals surface area contributed by atoms with Gasteiger partial charge in [0.25, 0.3) is 0 Å². The molecule has 0 saturated carbocycles. The van der Waals surface area contributed by atoms with E-state index in [0.717, 1.165) is 28.2 Å². The molecule has 0 radical (unpaired) electrons. The molecular formula is C26H26N4O3S. The summed E-state index contributed by atoms with van der Waals surface area (Å²) in [4.78, 5) is 17.4. The molecule has 1 aromatic heterocycles. The van der Waals surface area contributed by atoms with Gasteiger partial charge in [-0.1, -0.05) is 54.2 Å². The van der Waals surface area contributed by atoms with E-state index < -0.39 is 0 Å². The van der Waals surface area contributed by atoms with Crippen LogP contribution in [0.1, 0.15) is 22.8 Å². The van der Waals surface area contributed by atoms with Crippen LogP contribution in [0.5, 0.6) is 11.5 Å². The van der Waals surface area contributed by atoms with E-state index in [2.05, 4.69) is 20.5 Å². The third kappa shape index (κ3) is 6.17. The second-order valence-corrected chi connectivity index (χ2v) is 8.71. The number of nitrogens with zero attached hydrogens (tertiary/aromatic N) is 2. The fraction of sp³-hybridized carbons (Fsp3) is 0.192. The van der Waals surface area contributed by atoms with Crippen molar-refractivity contribution in [1.82, 2.24) is 20.5 Å². The third-order valence-electron chi connectivity index (χ3n) is 5.27. The lowest BCUT2D eigenvalue weighted by molar-refractivity contribution is -0.121. The van der Waals surface area contributed by atoms with E-state index >= 15 is 0 Å². The van der Waals surface area contributed by atoms with Crippen molar-refractivity contribution >= 4 is 17.7 Å². The zero-order valence-corrected chi connectivity index (χ0v) is 19.8. The summed E-state index contributed by atoms with van der Waals surface area (Å²) in [5, 5.41) is 10.8. The first-order chi connectivity index (χ1) is 16.6. The summed E-state index contributed by atoms with van der Waals surface area (Å²) in [5.41, 5.74) is 2.96. The van der Waals surface area contributed by atoms with Crippen molar-refractivity contribution in [2.24, 2.45) is 0 Å². The van der Waals surface area contributed by atoms with E-state index in [1.165, 1.54) is 11.8 Å². The van der Waals surface area contributed by atoms with Crippen LogP contribution < -0.4 is 14.8 Å². The predicted molar refractivity (Wildman–Crippen MR) is 133 cm³/mol. The number of rotatable bonds is 10. The minimum absolute atomic E-state index is 0.0388. The molecule has 0 aliphatic rings. The van der Waals surface area contributed by atoms with Crippen LogP contribution in [0.3, 0.4) is 0 Å². The van der Waals surface area contributed by atoms with Crippen LogP contribution in [0.25, 0.3) is 11.4 Å². The summed E-state index contributed by atoms with van der Waals surface area (Å²) in [6, 6.07) is 25.2. The number of thioether (sulfide) groups is 1. The summed E-state index contributed by atoms with van der Waals surface area (Å²) in [6.45, 7) is 0.488. The highest BCUT2D eigenvalue weighted by atomic mass is 32.2. The topological polar surface area (TPSA) is 89.1 Å². The van der Waals surface area contributed by atoms with E-state index in [0.29, 0.717) is 17.5 Å². The van der Waals surface area contributed by atoms with Gasteiger partial charge in [0.05, 0.1) is 14.2 Å². The number of ether oxygens (including phenoxy) is 2. The average Bonchev–Trinajstić information content (AvgIpc) is 3.36. The van der Waals surface area contributed by atoms with Gasteiger partial charge >= 0.3 is 0 Å². The Kier molecular flexibility index (Phi) is 7.83. The Balaban J connectivity index is 1.48. The Morgan fingerprint density at radius 2 is 1.59 bits per heavy atom. The number of hydrogen-bond acceptors (Lipinski definition) is 6. The summed E-state index contributed by atoms with van der Waals surface area (Å²) < 4.78 is 10.5. The summed E-state index contributed by atoms with van der Waals surface area (Å²) in [7, 11) is 3.26. The molecule has 7 nitrogen and oxygen atoms in total. The lowest BCUT2D eigenvalue weighted by Gasteiger charge is -2.16. The van der Waals surface area contributed by atoms with Gasteiger partial charge in [-0.25, -0.2) is 4.98 Å². The van der Waals surface area contributed by atoms with Crippen molar-refractivity contribution in [2.75, 3.05) is 14.2 Å². The van der Waals surface area contributed by atoms with Crippen molar-refractivity contribution < 1.29 is 14.3 Å². The van der Waals surface area contributed by atoms with E-state index in [1.807, 2.05) is 78.9 Å². The lowest BCUT2D eigenvalue weighted by Crippen LogP contribution is -2.24. The lowest BCUT2D eigenvalue weighted by atomic mass is 10.1. The molecule has 0 fully saturated rings. The highest BCUT2D eigenvalue weighted by molar-refractivity contribution is 7.99. The van der Waals surface area contributed by atoms with E-state index in [1.54, 1.807) is 14.2 Å². The van der Waals surface area contributed by atoms with E-state index in [-0.39, 0.29) is 17.6 Å². The number of aromatic nitrogens is 3. The molecule has 0 saturated heterocycles. The number of amides is 1. The molecule has 0 spiro atoms. The largest absolute Gasteiger partial charge is 0.497 e. The van der Waals surface area contributed by atoms with Crippen LogP contribution in [0.4, 0.5) is 0 Å². The number of aromatic amines is 1. The fourth-order valence-electron chi connectivity index (χ4n) is 3.39. The maximum absolute atomic E-state index is 12.8. The molecule has 0 unspecified atom stereocenters. The first-order valence-corrected chi connectivity index (χ1v) is 11.7. The molecule has 1 heterocycles. The molecule has 2 N–H and O–H groups in total. The first kappa shape index (κ1) is 23.4. The van der Waals surface area contributed by atoms with Crippen LogP contribution in [0.2, 0.25) is 0 Å². The van der Waals surface area contributed by atoms with Gasteiger partial charge in [-0.3, -0.25) is 9.89 Å². The van der Waals surface area contributed by atoms with Crippen LogP contribution in [-0.4, -0.2) is 35.3 Å². The monoisotopic (exact) mass is 474 g/mol. The van der Waals surface area contributed by atoms with Crippen LogP contribution >= 0.6 is 11.8 Å². The molecule has 8 heteroatoms. The summed E-state index contributed by atoms with van der Waals surface area (Å²) >= 11 is 1.45. The van der Waals surface area contributed by atoms with Gasteiger partial charge < -0.3 is 14.8 Å². The zero-order valence-electron chi connectivity index (χ0n) is 19.0. The molecule has 3 aromatic carbocycles. The zero-order chi connectivity index (χ0) is 23.8. The van der Waals surface area contributed by atoms with Gasteiger partial charge in [-0.05, 0) is 47.5 Å². The third-order valence-corrected chi connectivity index (χ3v) is 6.38. The maximum Gasteiger partial charge on any atom is 0.221 e. The molecular weight excluding hydrogens is 448 g/mol. The fourth-order valence-corrected chi connectivity index (χ4v) is 4.41. The number of hydrogen-bond donors (Lipinski definition) is 2. The van der Waals surface area contributed by atoms with Crippen molar-refractivity contribution in [3.63, 3.8) is 0 Å². The first-order valence-electron chi connectivity index (χ1n) is 10.8. The van der Waals surface area contributed by atoms with Crippen molar-refractivity contribution in [3.8, 4) is 22.9 Å². The Morgan fingerprint density at radius 3 is 2.24 bits per heavy atom. The Bertz CT molecular complexity index is 1190. The molecule has 4 aromatic rings. The molecule has 1 amide bonds. The Morgan fingerprint density at radius 1 is 0.941 bits per heavy atom. The second-order valence-electron chi connectivity index (χ2n) is 7.54. The summed E-state index contributed by atoms with van der Waals surface area (Å²) in [6.07, 6.45) is 0.288. The molecule has 1 atom stereocenters. The maximum atomic E-state index is 12.8. The molecule has 174 valence electrons. The number of nitrogens with one attached hydrogen (secondary N) is 2. The quantitative estimate of drug-likeness (QED) is 0.314. The standard InChI is InChI=1S/C26H26N4O3S/c1-32-21-12-8-19(9-13-21)23(16-24(31)27-17-18-6-4-3-5-7-18)34-26-28-25(29-30-26)20-10-14-22(33-2)15-11-20/h3-15,23H,16-17H2,1-2H3,(H,27,31)(H,28,29,30)/t23-/m1/s1. The van der Waals surface area contributed by atoms with Crippen LogP contribution in [-0.2, 0) is 11.3 Å². The molecule has 0 aliphatic heterocycles. The number of carbonyl (C=O) groups excluding carboxylic acids is 1. The van der Waals surface area contributed by atoms with Crippen molar-refractivity contribution in [3.05, 3.63) is 90.0 Å². The van der Waals surface area contributed by atoms with Gasteiger partial charge in [0.15, 0.2) is 5.82 Å². The number of methoxy groups -OCH3 is 2. The SMILES string of the molecule is COc1ccc(-c2nc(S[C@H](CC(=O)NCc3ccccc3)c3ccc(OC)cc3)n[nH]2)cc1. The smallest absolute Gasteiger partial charge is 0.221 e. The van der Waals surface area contributed by atoms with Crippen LogP contribution in [0.15, 0.2) is 84.0 Å².